The van der Waals surface area contributed by atoms with Gasteiger partial charge in [-0.15, -0.1) is 5.06 Å². The minimum absolute atomic E-state index is 0. The van der Waals surface area contributed by atoms with Crippen LogP contribution in [0.3, 0.4) is 0 Å². The van der Waals surface area contributed by atoms with E-state index in [-0.39, 0.29) is 25.4 Å². The molecular weight excluding hydrogens is 219 g/mol. The van der Waals surface area contributed by atoms with Crippen molar-refractivity contribution < 1.29 is 29.1 Å². The van der Waals surface area contributed by atoms with Crippen LogP contribution in [0.1, 0.15) is 10.4 Å². The van der Waals surface area contributed by atoms with Gasteiger partial charge in [-0.1, -0.05) is 18.2 Å². The Kier molecular flexibility index (Phi) is 5.51. The fourth-order valence-electron chi connectivity index (χ4n) is 0.793. The van der Waals surface area contributed by atoms with E-state index in [1.54, 1.807) is 38.4 Å². The summed E-state index contributed by atoms with van der Waals surface area (Å²) >= 11 is 0. The maximum absolute atomic E-state index is 11.2. The maximum atomic E-state index is 11.2. The molecule has 0 radical (unpaired) electrons. The summed E-state index contributed by atoms with van der Waals surface area (Å²) in [7, 11) is 3.34. The van der Waals surface area contributed by atoms with Gasteiger partial charge in [0.2, 0.25) is 0 Å². The quantitative estimate of drug-likeness (QED) is 0.567. The molecule has 0 aromatic heterocycles. The van der Waals surface area contributed by atoms with Crippen molar-refractivity contribution in [3.63, 3.8) is 0 Å². The Bertz CT molecular complexity index is 262. The molecule has 66 valence electrons. The van der Waals surface area contributed by atoms with Gasteiger partial charge in [-0.25, -0.2) is 4.79 Å². The molecule has 0 spiro atoms. The number of hydrogen-bond acceptors (Lipinski definition) is 3. The first kappa shape index (κ1) is 12.3. The van der Waals surface area contributed by atoms with Gasteiger partial charge in [0.15, 0.2) is 0 Å². The number of hydroxylamine groups is 2. The van der Waals surface area contributed by atoms with Crippen molar-refractivity contribution in [2.75, 3.05) is 14.1 Å². The molecule has 0 fully saturated rings. The SMILES string of the molecule is CN(C)OC(=O)c1ccccc1.[Zn]. The summed E-state index contributed by atoms with van der Waals surface area (Å²) in [5.74, 6) is -0.333. The predicted molar refractivity (Wildman–Crippen MR) is 45.5 cm³/mol. The molecule has 0 aliphatic heterocycles. The fourth-order valence-corrected chi connectivity index (χ4v) is 0.793. The van der Waals surface area contributed by atoms with Crippen molar-refractivity contribution in [3.05, 3.63) is 35.9 Å². The van der Waals surface area contributed by atoms with Crippen molar-refractivity contribution >= 4 is 5.97 Å². The summed E-state index contributed by atoms with van der Waals surface area (Å²) in [6.07, 6.45) is 0. The van der Waals surface area contributed by atoms with E-state index < -0.39 is 0 Å². The summed E-state index contributed by atoms with van der Waals surface area (Å²) in [6, 6.07) is 8.88. The van der Waals surface area contributed by atoms with Crippen LogP contribution in [0.15, 0.2) is 30.3 Å². The largest absolute Gasteiger partial charge is 0.364 e. The molecule has 1 aromatic carbocycles. The van der Waals surface area contributed by atoms with Gasteiger partial charge in [-0.3, -0.25) is 0 Å². The molecule has 0 unspecified atom stereocenters. The molecule has 0 aliphatic carbocycles. The van der Waals surface area contributed by atoms with Gasteiger partial charge in [0.1, 0.15) is 0 Å². The van der Waals surface area contributed by atoms with Gasteiger partial charge < -0.3 is 4.84 Å². The summed E-state index contributed by atoms with van der Waals surface area (Å²) in [5, 5.41) is 1.37. The monoisotopic (exact) mass is 229 g/mol. The molecule has 13 heavy (non-hydrogen) atoms. The molecule has 0 amide bonds. The van der Waals surface area contributed by atoms with Gasteiger partial charge in [-0.2, -0.15) is 0 Å². The number of rotatable bonds is 2. The van der Waals surface area contributed by atoms with Crippen LogP contribution < -0.4 is 0 Å². The van der Waals surface area contributed by atoms with Gasteiger partial charge in [0.25, 0.3) is 0 Å². The summed E-state index contributed by atoms with van der Waals surface area (Å²) in [6.45, 7) is 0. The van der Waals surface area contributed by atoms with Crippen LogP contribution >= 0.6 is 0 Å². The van der Waals surface area contributed by atoms with Crippen LogP contribution in [-0.4, -0.2) is 25.1 Å². The third kappa shape index (κ3) is 4.16. The van der Waals surface area contributed by atoms with Crippen molar-refractivity contribution in [1.82, 2.24) is 5.06 Å². The second kappa shape index (κ2) is 5.84. The molecule has 0 saturated heterocycles. The smallest absolute Gasteiger partial charge is 0.356 e. The third-order valence-corrected chi connectivity index (χ3v) is 1.27. The normalized spacial score (nSPS) is 9.15. The Morgan fingerprint density at radius 3 is 2.23 bits per heavy atom. The average Bonchev–Trinajstić information content (AvgIpc) is 2.05. The Labute approximate surface area is 90.4 Å². The molecular formula is C9H11NO2Zn. The molecule has 0 aliphatic rings. The number of benzene rings is 1. The number of carbonyl (C=O) groups excluding carboxylic acids is 1. The minimum atomic E-state index is -0.333. The maximum Gasteiger partial charge on any atom is 0.356 e. The zero-order valence-corrected chi connectivity index (χ0v) is 10.8. The summed E-state index contributed by atoms with van der Waals surface area (Å²) in [5.41, 5.74) is 0.561. The van der Waals surface area contributed by atoms with Crippen LogP contribution in [-0.2, 0) is 24.3 Å². The molecule has 1 rings (SSSR count). The average molecular weight is 231 g/mol. The Morgan fingerprint density at radius 1 is 1.23 bits per heavy atom. The van der Waals surface area contributed by atoms with Crippen molar-refractivity contribution in [2.45, 2.75) is 0 Å². The van der Waals surface area contributed by atoms with E-state index in [0.717, 1.165) is 0 Å². The van der Waals surface area contributed by atoms with Crippen LogP contribution in [0.2, 0.25) is 0 Å². The van der Waals surface area contributed by atoms with Crippen LogP contribution in [0.4, 0.5) is 0 Å². The summed E-state index contributed by atoms with van der Waals surface area (Å²) < 4.78 is 0. The second-order valence-corrected chi connectivity index (χ2v) is 2.56. The van der Waals surface area contributed by atoms with Gasteiger partial charge in [0.05, 0.1) is 5.56 Å². The fraction of sp³-hybridized carbons (Fsp3) is 0.222. The number of carbonyl (C=O) groups is 1. The topological polar surface area (TPSA) is 29.5 Å². The van der Waals surface area contributed by atoms with Crippen molar-refractivity contribution in [3.8, 4) is 0 Å². The molecule has 3 nitrogen and oxygen atoms in total. The van der Waals surface area contributed by atoms with E-state index in [1.807, 2.05) is 6.07 Å². The molecule has 0 N–H and O–H groups in total. The first-order valence-corrected chi connectivity index (χ1v) is 3.65. The zero-order valence-electron chi connectivity index (χ0n) is 7.86. The zero-order chi connectivity index (χ0) is 8.97. The van der Waals surface area contributed by atoms with Gasteiger partial charge in [0, 0.05) is 33.6 Å². The van der Waals surface area contributed by atoms with E-state index in [1.165, 1.54) is 5.06 Å². The van der Waals surface area contributed by atoms with E-state index in [0.29, 0.717) is 5.56 Å². The molecule has 0 saturated carbocycles. The van der Waals surface area contributed by atoms with E-state index in [4.69, 9.17) is 4.84 Å². The minimum Gasteiger partial charge on any atom is -0.364 e. The standard InChI is InChI=1S/C9H11NO2.Zn/c1-10(2)12-9(11)8-6-4-3-5-7-8;/h3-7H,1-2H3;. The predicted octanol–water partition coefficient (Wildman–Crippen LogP) is 1.32. The molecule has 0 heterocycles. The Balaban J connectivity index is 0.00000144. The first-order chi connectivity index (χ1) is 5.70. The molecule has 1 aromatic rings. The van der Waals surface area contributed by atoms with Crippen molar-refractivity contribution in [2.24, 2.45) is 0 Å². The van der Waals surface area contributed by atoms with E-state index >= 15 is 0 Å². The van der Waals surface area contributed by atoms with Crippen LogP contribution in [0.25, 0.3) is 0 Å². The second-order valence-electron chi connectivity index (χ2n) is 2.56. The van der Waals surface area contributed by atoms with Gasteiger partial charge in [-0.05, 0) is 12.1 Å². The first-order valence-electron chi connectivity index (χ1n) is 3.65. The van der Waals surface area contributed by atoms with Crippen molar-refractivity contribution in [1.29, 1.82) is 0 Å². The number of nitrogens with zero attached hydrogens (tertiary/aromatic N) is 1. The van der Waals surface area contributed by atoms with E-state index in [2.05, 4.69) is 0 Å². The Morgan fingerprint density at radius 2 is 1.77 bits per heavy atom. The molecule has 0 bridgehead atoms. The molecule has 4 heteroatoms. The van der Waals surface area contributed by atoms with Crippen LogP contribution in [0, 0.1) is 0 Å². The summed E-state index contributed by atoms with van der Waals surface area (Å²) in [4.78, 5) is 16.0. The third-order valence-electron chi connectivity index (χ3n) is 1.27. The van der Waals surface area contributed by atoms with E-state index in [9.17, 15) is 4.79 Å². The molecule has 0 atom stereocenters. The van der Waals surface area contributed by atoms with Crippen LogP contribution in [0.5, 0.6) is 0 Å². The van der Waals surface area contributed by atoms with Gasteiger partial charge >= 0.3 is 5.97 Å². The Hall–Kier alpha value is -0.727. The number of hydrogen-bond donors (Lipinski definition) is 0.